The second kappa shape index (κ2) is 7.89. The standard InChI is InChI=1S/C20H19FN2O3S/c1-11-2-7-14-16(10-22)19(27-17(14)8-11)23-18(24)9-15(20(25)26)12-3-5-13(21)6-4-12/h3-6,11,15H,2,7-9H2,1H3,(H,23,24)(H,25,26). The van der Waals surface area contributed by atoms with Gasteiger partial charge in [-0.1, -0.05) is 19.1 Å². The van der Waals surface area contributed by atoms with Crippen molar-refractivity contribution in [2.24, 2.45) is 5.92 Å². The van der Waals surface area contributed by atoms with Crippen LogP contribution in [0.25, 0.3) is 0 Å². The van der Waals surface area contributed by atoms with E-state index in [-0.39, 0.29) is 6.42 Å². The third-order valence-corrected chi connectivity index (χ3v) is 6.01. The third kappa shape index (κ3) is 4.17. The average molecular weight is 386 g/mol. The van der Waals surface area contributed by atoms with Crippen molar-refractivity contribution in [1.29, 1.82) is 5.26 Å². The van der Waals surface area contributed by atoms with E-state index >= 15 is 0 Å². The molecule has 2 aromatic rings. The Bertz CT molecular complexity index is 915. The Hall–Kier alpha value is -2.72. The fourth-order valence-corrected chi connectivity index (χ4v) is 4.74. The maximum atomic E-state index is 13.1. The summed E-state index contributed by atoms with van der Waals surface area (Å²) in [6.45, 7) is 2.16. The van der Waals surface area contributed by atoms with Crippen LogP contribution in [0.1, 0.15) is 47.3 Å². The van der Waals surface area contributed by atoms with Crippen molar-refractivity contribution in [3.63, 3.8) is 0 Å². The number of halogens is 1. The molecule has 2 N–H and O–H groups in total. The average Bonchev–Trinajstić information content (AvgIpc) is 2.96. The molecule has 0 fully saturated rings. The molecule has 1 aliphatic rings. The van der Waals surface area contributed by atoms with Gasteiger partial charge >= 0.3 is 5.97 Å². The number of amides is 1. The van der Waals surface area contributed by atoms with Crippen molar-refractivity contribution in [1.82, 2.24) is 0 Å². The van der Waals surface area contributed by atoms with Gasteiger partial charge in [0.25, 0.3) is 0 Å². The van der Waals surface area contributed by atoms with E-state index in [9.17, 15) is 24.3 Å². The van der Waals surface area contributed by atoms with Gasteiger partial charge in [-0.3, -0.25) is 9.59 Å². The number of aliphatic carboxylic acids is 1. The number of nitriles is 1. The number of carbonyl (C=O) groups excluding carboxylic acids is 1. The highest BCUT2D eigenvalue weighted by Crippen LogP contribution is 2.39. The number of benzene rings is 1. The van der Waals surface area contributed by atoms with E-state index in [0.717, 1.165) is 29.7 Å². The minimum absolute atomic E-state index is 0.287. The van der Waals surface area contributed by atoms with E-state index in [1.165, 1.54) is 35.6 Å². The summed E-state index contributed by atoms with van der Waals surface area (Å²) in [5.41, 5.74) is 1.85. The normalized spacial score (nSPS) is 16.9. The molecule has 5 nitrogen and oxygen atoms in total. The maximum absolute atomic E-state index is 13.1. The van der Waals surface area contributed by atoms with Crippen molar-refractivity contribution in [2.45, 2.75) is 38.5 Å². The Morgan fingerprint density at radius 1 is 1.41 bits per heavy atom. The number of rotatable bonds is 5. The molecule has 1 aliphatic carbocycles. The predicted molar refractivity (Wildman–Crippen MR) is 100 cm³/mol. The minimum atomic E-state index is -1.16. The van der Waals surface area contributed by atoms with Crippen LogP contribution in [-0.2, 0) is 22.4 Å². The molecule has 3 rings (SSSR count). The summed E-state index contributed by atoms with van der Waals surface area (Å²) in [5.74, 6) is -2.64. The minimum Gasteiger partial charge on any atom is -0.481 e. The SMILES string of the molecule is CC1CCc2c(sc(NC(=O)CC(C(=O)O)c3ccc(F)cc3)c2C#N)C1. The molecule has 0 aliphatic heterocycles. The monoisotopic (exact) mass is 386 g/mol. The Morgan fingerprint density at radius 3 is 2.74 bits per heavy atom. The summed E-state index contributed by atoms with van der Waals surface area (Å²) in [6, 6.07) is 7.26. The number of nitrogens with zero attached hydrogens (tertiary/aromatic N) is 1. The fraction of sp³-hybridized carbons (Fsp3) is 0.350. The van der Waals surface area contributed by atoms with Crippen molar-refractivity contribution < 1.29 is 19.1 Å². The molecule has 1 heterocycles. The summed E-state index contributed by atoms with van der Waals surface area (Å²) >= 11 is 1.40. The van der Waals surface area contributed by atoms with Gasteiger partial charge < -0.3 is 10.4 Å². The molecule has 2 atom stereocenters. The zero-order valence-corrected chi connectivity index (χ0v) is 15.6. The van der Waals surface area contributed by atoms with E-state index in [4.69, 9.17) is 0 Å². The Labute approximate surface area is 160 Å². The number of hydrogen-bond acceptors (Lipinski definition) is 4. The van der Waals surface area contributed by atoms with Gasteiger partial charge in [0.15, 0.2) is 0 Å². The van der Waals surface area contributed by atoms with Gasteiger partial charge in [-0.25, -0.2) is 4.39 Å². The molecule has 0 saturated heterocycles. The van der Waals surface area contributed by atoms with Crippen molar-refractivity contribution in [2.75, 3.05) is 5.32 Å². The quantitative estimate of drug-likeness (QED) is 0.810. The van der Waals surface area contributed by atoms with Gasteiger partial charge in [0.05, 0.1) is 11.5 Å². The number of hydrogen-bond donors (Lipinski definition) is 2. The zero-order valence-electron chi connectivity index (χ0n) is 14.8. The van der Waals surface area contributed by atoms with Crippen LogP contribution < -0.4 is 5.32 Å². The lowest BCUT2D eigenvalue weighted by Gasteiger charge is -2.17. The Morgan fingerprint density at radius 2 is 2.11 bits per heavy atom. The molecular weight excluding hydrogens is 367 g/mol. The third-order valence-electron chi connectivity index (χ3n) is 4.84. The summed E-state index contributed by atoms with van der Waals surface area (Å²) in [7, 11) is 0. The second-order valence-corrected chi connectivity index (χ2v) is 7.97. The molecule has 0 bridgehead atoms. The Balaban J connectivity index is 1.78. The molecular formula is C20H19FN2O3S. The van der Waals surface area contributed by atoms with Crippen molar-refractivity contribution in [3.8, 4) is 6.07 Å². The maximum Gasteiger partial charge on any atom is 0.311 e. The van der Waals surface area contributed by atoms with Crippen LogP contribution in [0.15, 0.2) is 24.3 Å². The largest absolute Gasteiger partial charge is 0.481 e. The summed E-state index contributed by atoms with van der Waals surface area (Å²) < 4.78 is 13.1. The van der Waals surface area contributed by atoms with Gasteiger partial charge in [0, 0.05) is 11.3 Å². The molecule has 2 unspecified atom stereocenters. The molecule has 1 aromatic heterocycles. The van der Waals surface area contributed by atoms with Crippen LogP contribution in [0.5, 0.6) is 0 Å². The number of carboxylic acid groups (broad SMARTS) is 1. The summed E-state index contributed by atoms with van der Waals surface area (Å²) in [5, 5.41) is 22.2. The van der Waals surface area contributed by atoms with E-state index < -0.39 is 23.6 Å². The van der Waals surface area contributed by atoms with Crippen LogP contribution in [-0.4, -0.2) is 17.0 Å². The molecule has 27 heavy (non-hydrogen) atoms. The van der Waals surface area contributed by atoms with Crippen molar-refractivity contribution in [3.05, 3.63) is 51.7 Å². The molecule has 0 radical (unpaired) electrons. The highest BCUT2D eigenvalue weighted by molar-refractivity contribution is 7.16. The van der Waals surface area contributed by atoms with Gasteiger partial charge in [0.1, 0.15) is 16.9 Å². The number of fused-ring (bicyclic) bond motifs is 1. The predicted octanol–water partition coefficient (Wildman–Crippen LogP) is 4.08. The van der Waals surface area contributed by atoms with Crippen molar-refractivity contribution >= 4 is 28.2 Å². The van der Waals surface area contributed by atoms with E-state index in [1.807, 2.05) is 0 Å². The van der Waals surface area contributed by atoms with Gasteiger partial charge in [0.2, 0.25) is 5.91 Å². The number of anilines is 1. The molecule has 1 aromatic carbocycles. The number of carbonyl (C=O) groups is 2. The lowest BCUT2D eigenvalue weighted by Crippen LogP contribution is -2.21. The van der Waals surface area contributed by atoms with Gasteiger partial charge in [-0.05, 0) is 48.4 Å². The van der Waals surface area contributed by atoms with Crippen LogP contribution in [0, 0.1) is 23.1 Å². The highest BCUT2D eigenvalue weighted by atomic mass is 32.1. The highest BCUT2D eigenvalue weighted by Gasteiger charge is 2.27. The number of nitrogens with one attached hydrogen (secondary N) is 1. The molecule has 7 heteroatoms. The van der Waals surface area contributed by atoms with E-state index in [1.54, 1.807) is 0 Å². The first-order chi connectivity index (χ1) is 12.9. The molecule has 1 amide bonds. The summed E-state index contributed by atoms with van der Waals surface area (Å²) in [4.78, 5) is 25.1. The van der Waals surface area contributed by atoms with Gasteiger partial charge in [-0.15, -0.1) is 11.3 Å². The smallest absolute Gasteiger partial charge is 0.311 e. The molecule has 0 saturated carbocycles. The lowest BCUT2D eigenvalue weighted by atomic mass is 9.88. The number of thiophene rings is 1. The fourth-order valence-electron chi connectivity index (χ4n) is 3.36. The topological polar surface area (TPSA) is 90.2 Å². The van der Waals surface area contributed by atoms with Crippen LogP contribution in [0.4, 0.5) is 9.39 Å². The molecule has 0 spiro atoms. The van der Waals surface area contributed by atoms with E-state index in [0.29, 0.717) is 22.0 Å². The second-order valence-electron chi connectivity index (χ2n) is 6.86. The van der Waals surface area contributed by atoms with E-state index in [2.05, 4.69) is 18.3 Å². The first-order valence-corrected chi connectivity index (χ1v) is 9.53. The van der Waals surface area contributed by atoms with Crippen LogP contribution >= 0.6 is 11.3 Å². The van der Waals surface area contributed by atoms with Crippen LogP contribution in [0.3, 0.4) is 0 Å². The first kappa shape index (κ1) is 19.1. The van der Waals surface area contributed by atoms with Gasteiger partial charge in [-0.2, -0.15) is 5.26 Å². The van der Waals surface area contributed by atoms with Crippen LogP contribution in [0.2, 0.25) is 0 Å². The lowest BCUT2D eigenvalue weighted by molar-refractivity contribution is -0.140. The Kier molecular flexibility index (Phi) is 5.57. The summed E-state index contributed by atoms with van der Waals surface area (Å²) in [6.07, 6.45) is 2.43. The zero-order chi connectivity index (χ0) is 19.6. The molecule has 140 valence electrons. The number of carboxylic acids is 1. The first-order valence-electron chi connectivity index (χ1n) is 8.71.